The van der Waals surface area contributed by atoms with Gasteiger partial charge in [-0.25, -0.2) is 4.79 Å². The maximum absolute atomic E-state index is 12.2. The van der Waals surface area contributed by atoms with Crippen molar-refractivity contribution in [1.82, 2.24) is 5.32 Å². The number of benzene rings is 3. The van der Waals surface area contributed by atoms with Crippen molar-refractivity contribution < 1.29 is 29.6 Å². The van der Waals surface area contributed by atoms with E-state index in [1.54, 1.807) is 0 Å². The van der Waals surface area contributed by atoms with Crippen LogP contribution in [0.3, 0.4) is 0 Å². The van der Waals surface area contributed by atoms with E-state index in [0.29, 0.717) is 11.8 Å². The third-order valence-electron chi connectivity index (χ3n) is 5.94. The molecule has 4 rings (SSSR count). The van der Waals surface area contributed by atoms with Gasteiger partial charge >= 0.3 is 6.09 Å². The summed E-state index contributed by atoms with van der Waals surface area (Å²) in [5.74, 6) is -0.246. The zero-order chi connectivity index (χ0) is 23.4. The van der Waals surface area contributed by atoms with Crippen LogP contribution in [0.2, 0.25) is 0 Å². The number of hydrogen-bond donors (Lipinski definition) is 4. The molecule has 7 nitrogen and oxygen atoms in total. The second-order valence-corrected chi connectivity index (χ2v) is 7.99. The van der Waals surface area contributed by atoms with E-state index in [2.05, 4.69) is 17.4 Å². The SMILES string of the molecule is O=Cc1cc(C(O)C(O)CCNC(=O)OCC2c3ccccc3-c3ccccc32)ccc1O. The van der Waals surface area contributed by atoms with Crippen molar-refractivity contribution in [2.75, 3.05) is 13.2 Å². The minimum absolute atomic E-state index is 0.0236. The van der Waals surface area contributed by atoms with Gasteiger partial charge in [0.25, 0.3) is 0 Å². The van der Waals surface area contributed by atoms with Crippen molar-refractivity contribution in [1.29, 1.82) is 0 Å². The van der Waals surface area contributed by atoms with Gasteiger partial charge in [-0.05, 0) is 46.4 Å². The van der Waals surface area contributed by atoms with Crippen molar-refractivity contribution >= 4 is 12.4 Å². The van der Waals surface area contributed by atoms with Crippen molar-refractivity contribution in [2.45, 2.75) is 24.5 Å². The molecule has 4 N–H and O–H groups in total. The first kappa shape index (κ1) is 22.5. The molecule has 0 radical (unpaired) electrons. The molecule has 7 heteroatoms. The van der Waals surface area contributed by atoms with Crippen LogP contribution in [0.25, 0.3) is 11.1 Å². The molecular formula is C26H25NO6. The van der Waals surface area contributed by atoms with Crippen LogP contribution in [-0.2, 0) is 4.74 Å². The summed E-state index contributed by atoms with van der Waals surface area (Å²) in [4.78, 5) is 23.2. The van der Waals surface area contributed by atoms with Gasteiger partial charge in [0.05, 0.1) is 11.7 Å². The highest BCUT2D eigenvalue weighted by atomic mass is 16.5. The summed E-state index contributed by atoms with van der Waals surface area (Å²) in [6.07, 6.45) is -2.51. The molecule has 3 aromatic rings. The Bertz CT molecular complexity index is 1120. The van der Waals surface area contributed by atoms with Crippen LogP contribution in [0.5, 0.6) is 5.75 Å². The van der Waals surface area contributed by atoms with Crippen LogP contribution in [-0.4, -0.2) is 47.0 Å². The Morgan fingerprint density at radius 2 is 1.64 bits per heavy atom. The largest absolute Gasteiger partial charge is 0.507 e. The highest BCUT2D eigenvalue weighted by molar-refractivity contribution is 5.80. The van der Waals surface area contributed by atoms with Crippen LogP contribution in [0.4, 0.5) is 4.79 Å². The number of alkyl carbamates (subject to hydrolysis) is 1. The smallest absolute Gasteiger partial charge is 0.407 e. The number of nitrogens with one attached hydrogen (secondary N) is 1. The number of rotatable bonds is 8. The van der Waals surface area contributed by atoms with E-state index in [1.807, 2.05) is 36.4 Å². The number of aromatic hydroxyl groups is 1. The second-order valence-electron chi connectivity index (χ2n) is 7.99. The van der Waals surface area contributed by atoms with E-state index < -0.39 is 18.3 Å². The number of amides is 1. The zero-order valence-electron chi connectivity index (χ0n) is 17.8. The Labute approximate surface area is 191 Å². The van der Waals surface area contributed by atoms with Gasteiger partial charge in [0.2, 0.25) is 0 Å². The highest BCUT2D eigenvalue weighted by Crippen LogP contribution is 2.44. The van der Waals surface area contributed by atoms with Gasteiger partial charge in [-0.15, -0.1) is 0 Å². The van der Waals surface area contributed by atoms with Crippen LogP contribution in [0, 0.1) is 0 Å². The van der Waals surface area contributed by atoms with Gasteiger partial charge in [-0.2, -0.15) is 0 Å². The van der Waals surface area contributed by atoms with Gasteiger partial charge in [0.1, 0.15) is 18.5 Å². The molecule has 0 saturated carbocycles. The topological polar surface area (TPSA) is 116 Å². The summed E-state index contributed by atoms with van der Waals surface area (Å²) in [6, 6.07) is 20.1. The first-order valence-corrected chi connectivity index (χ1v) is 10.7. The minimum Gasteiger partial charge on any atom is -0.507 e. The maximum atomic E-state index is 12.2. The van der Waals surface area contributed by atoms with Gasteiger partial charge in [-0.3, -0.25) is 4.79 Å². The average Bonchev–Trinajstić information content (AvgIpc) is 3.16. The van der Waals surface area contributed by atoms with Gasteiger partial charge in [0, 0.05) is 12.5 Å². The number of carbonyl (C=O) groups is 2. The molecule has 1 aliphatic carbocycles. The molecule has 0 aliphatic heterocycles. The van der Waals surface area contributed by atoms with Crippen molar-refractivity contribution in [3.8, 4) is 16.9 Å². The van der Waals surface area contributed by atoms with E-state index >= 15 is 0 Å². The number of fused-ring (bicyclic) bond motifs is 3. The Morgan fingerprint density at radius 1 is 1.00 bits per heavy atom. The Balaban J connectivity index is 1.28. The van der Waals surface area contributed by atoms with E-state index in [0.717, 1.165) is 22.3 Å². The molecule has 1 aliphatic rings. The standard InChI is InChI=1S/C26H25NO6/c28-14-17-13-16(9-10-23(17)29)25(31)24(30)11-12-27-26(32)33-15-22-20-7-3-1-5-18(20)19-6-2-4-8-21(19)22/h1-10,13-14,22,24-25,29-31H,11-12,15H2,(H,27,32). The van der Waals surface area contributed by atoms with Crippen LogP contribution in [0.1, 0.15) is 45.5 Å². The van der Waals surface area contributed by atoms with Crippen LogP contribution in [0.15, 0.2) is 66.7 Å². The fourth-order valence-corrected chi connectivity index (χ4v) is 4.20. The first-order valence-electron chi connectivity index (χ1n) is 10.7. The highest BCUT2D eigenvalue weighted by Gasteiger charge is 2.29. The minimum atomic E-state index is -1.27. The fourth-order valence-electron chi connectivity index (χ4n) is 4.20. The first-order chi connectivity index (χ1) is 16.0. The number of carbonyl (C=O) groups excluding carboxylic acids is 2. The molecule has 0 heterocycles. The number of phenols is 1. The molecule has 3 aromatic carbocycles. The zero-order valence-corrected chi connectivity index (χ0v) is 17.8. The third-order valence-corrected chi connectivity index (χ3v) is 5.94. The molecule has 33 heavy (non-hydrogen) atoms. The number of ether oxygens (including phenoxy) is 1. The van der Waals surface area contributed by atoms with E-state index in [4.69, 9.17) is 4.74 Å². The number of aliphatic hydroxyl groups is 2. The lowest BCUT2D eigenvalue weighted by Crippen LogP contribution is -2.30. The monoisotopic (exact) mass is 447 g/mol. The quantitative estimate of drug-likeness (QED) is 0.393. The molecule has 2 unspecified atom stereocenters. The predicted molar refractivity (Wildman–Crippen MR) is 122 cm³/mol. The maximum Gasteiger partial charge on any atom is 0.407 e. The number of hydrogen-bond acceptors (Lipinski definition) is 6. The summed E-state index contributed by atoms with van der Waals surface area (Å²) < 4.78 is 5.45. The Hall–Kier alpha value is -3.68. The Morgan fingerprint density at radius 3 is 2.27 bits per heavy atom. The number of phenolic OH excluding ortho intramolecular Hbond substituents is 1. The van der Waals surface area contributed by atoms with Crippen molar-refractivity contribution in [2.24, 2.45) is 0 Å². The summed E-state index contributed by atoms with van der Waals surface area (Å²) in [5.41, 5.74) is 4.85. The van der Waals surface area contributed by atoms with Gasteiger partial charge < -0.3 is 25.4 Å². The lowest BCUT2D eigenvalue weighted by Gasteiger charge is -2.19. The van der Waals surface area contributed by atoms with Crippen LogP contribution < -0.4 is 5.32 Å². The molecule has 0 bridgehead atoms. The molecule has 2 atom stereocenters. The van der Waals surface area contributed by atoms with Gasteiger partial charge in [0.15, 0.2) is 6.29 Å². The third kappa shape index (κ3) is 4.74. The van der Waals surface area contributed by atoms with E-state index in [1.165, 1.54) is 18.2 Å². The van der Waals surface area contributed by atoms with Gasteiger partial charge in [-0.1, -0.05) is 54.6 Å². The van der Waals surface area contributed by atoms with Crippen LogP contribution >= 0.6 is 0 Å². The summed E-state index contributed by atoms with van der Waals surface area (Å²) in [7, 11) is 0. The lowest BCUT2D eigenvalue weighted by molar-refractivity contribution is 0.0136. The summed E-state index contributed by atoms with van der Waals surface area (Å²) in [6.45, 7) is 0.278. The normalized spacial score (nSPS) is 14.1. The lowest BCUT2D eigenvalue weighted by atomic mass is 9.98. The average molecular weight is 447 g/mol. The summed E-state index contributed by atoms with van der Waals surface area (Å²) in [5, 5.41) is 32.7. The van der Waals surface area contributed by atoms with Crippen molar-refractivity contribution in [3.63, 3.8) is 0 Å². The van der Waals surface area contributed by atoms with E-state index in [-0.39, 0.29) is 36.8 Å². The fraction of sp³-hybridized carbons (Fsp3) is 0.231. The molecule has 0 saturated heterocycles. The number of aliphatic hydroxyl groups excluding tert-OH is 2. The van der Waals surface area contributed by atoms with Crippen molar-refractivity contribution in [3.05, 3.63) is 89.0 Å². The molecule has 170 valence electrons. The molecule has 0 aromatic heterocycles. The number of aldehydes is 1. The molecule has 1 amide bonds. The Kier molecular flexibility index (Phi) is 6.72. The predicted octanol–water partition coefficient (Wildman–Crippen LogP) is 3.53. The summed E-state index contributed by atoms with van der Waals surface area (Å²) >= 11 is 0. The molecular weight excluding hydrogens is 422 g/mol. The molecule has 0 spiro atoms. The van der Waals surface area contributed by atoms with E-state index in [9.17, 15) is 24.9 Å². The second kappa shape index (κ2) is 9.85. The molecule has 0 fully saturated rings.